The van der Waals surface area contributed by atoms with E-state index in [0.29, 0.717) is 24.3 Å². The van der Waals surface area contributed by atoms with Crippen molar-refractivity contribution in [1.82, 2.24) is 0 Å². The number of rotatable bonds is 7. The molecular weight excluding hydrogens is 481 g/mol. The van der Waals surface area contributed by atoms with Crippen molar-refractivity contribution in [2.75, 3.05) is 0 Å². The summed E-state index contributed by atoms with van der Waals surface area (Å²) in [5.74, 6) is -11.1. The number of hydrogen-bond donors (Lipinski definition) is 0. The Balaban J connectivity index is 1.93. The lowest BCUT2D eigenvalue weighted by Gasteiger charge is -2.28. The van der Waals surface area contributed by atoms with Gasteiger partial charge in [-0.15, -0.1) is 0 Å². The van der Waals surface area contributed by atoms with E-state index >= 15 is 8.78 Å². The van der Waals surface area contributed by atoms with E-state index in [-0.39, 0.29) is 5.75 Å². The summed E-state index contributed by atoms with van der Waals surface area (Å²) >= 11 is 0. The van der Waals surface area contributed by atoms with Crippen LogP contribution in [0.1, 0.15) is 11.1 Å². The monoisotopic (exact) mass is 494 g/mol. The number of benzene rings is 3. The summed E-state index contributed by atoms with van der Waals surface area (Å²) in [6, 6.07) is 13.3. The first-order chi connectivity index (χ1) is 15.3. The van der Waals surface area contributed by atoms with Gasteiger partial charge >= 0.3 is 27.5 Å². The van der Waals surface area contributed by atoms with E-state index in [2.05, 4.69) is 4.18 Å². The molecule has 33 heavy (non-hydrogen) atoms. The first kappa shape index (κ1) is 24.4. The van der Waals surface area contributed by atoms with Crippen LogP contribution in [0.15, 0.2) is 78.9 Å². The molecule has 176 valence electrons. The van der Waals surface area contributed by atoms with Crippen molar-refractivity contribution in [1.29, 1.82) is 0 Å². The molecule has 0 saturated carbocycles. The molecule has 0 bridgehead atoms. The third-order valence-electron chi connectivity index (χ3n) is 4.30. The zero-order chi connectivity index (χ0) is 24.5. The van der Waals surface area contributed by atoms with Crippen molar-refractivity contribution in [3.05, 3.63) is 90.0 Å². The summed E-state index contributed by atoms with van der Waals surface area (Å²) in [5.41, 5.74) is -8.19. The van der Waals surface area contributed by atoms with Gasteiger partial charge in [-0.05, 0) is 48.5 Å². The van der Waals surface area contributed by atoms with Crippen LogP contribution in [0.25, 0.3) is 0 Å². The molecule has 0 spiro atoms. The highest BCUT2D eigenvalue weighted by atomic mass is 32.2. The summed E-state index contributed by atoms with van der Waals surface area (Å²) < 4.78 is 128. The van der Waals surface area contributed by atoms with Crippen LogP contribution in [-0.4, -0.2) is 13.9 Å². The smallest absolute Gasteiger partial charge is 0.457 e. The maximum atomic E-state index is 15.0. The van der Waals surface area contributed by atoms with Crippen molar-refractivity contribution >= 4 is 10.1 Å². The molecule has 0 radical (unpaired) electrons. The summed E-state index contributed by atoms with van der Waals surface area (Å²) in [6.07, 6.45) is 0. The average molecular weight is 494 g/mol. The van der Waals surface area contributed by atoms with Crippen molar-refractivity contribution < 1.29 is 48.1 Å². The normalized spacial score (nSPS) is 12.9. The quantitative estimate of drug-likeness (QED) is 0.211. The minimum absolute atomic E-state index is 0.122. The molecule has 4 nitrogen and oxygen atoms in total. The first-order valence-electron chi connectivity index (χ1n) is 8.95. The van der Waals surface area contributed by atoms with Crippen molar-refractivity contribution in [2.24, 2.45) is 0 Å². The maximum Gasteiger partial charge on any atom is 0.534 e. The number of ether oxygens (including phenoxy) is 1. The molecule has 12 heteroatoms. The Morgan fingerprint density at radius 3 is 1.73 bits per heavy atom. The standard InChI is InChI=1S/C21H13F7O4S/c22-19(23,14-10-12-16(13-11-14)32-33(29,30)21(26,27)28)20(24,25)17-8-4-5-9-18(17)31-15-6-2-1-3-7-15/h1-13H. The van der Waals surface area contributed by atoms with Crippen molar-refractivity contribution in [3.63, 3.8) is 0 Å². The highest BCUT2D eigenvalue weighted by Gasteiger charge is 2.59. The second-order valence-electron chi connectivity index (χ2n) is 6.57. The average Bonchev–Trinajstić information content (AvgIpc) is 2.74. The summed E-state index contributed by atoms with van der Waals surface area (Å²) in [4.78, 5) is 0. The molecule has 0 saturated heterocycles. The van der Waals surface area contributed by atoms with Gasteiger partial charge in [0.2, 0.25) is 0 Å². The second-order valence-corrected chi connectivity index (χ2v) is 8.11. The Hall–Kier alpha value is -3.28. The van der Waals surface area contributed by atoms with Gasteiger partial charge in [0.05, 0.1) is 5.56 Å². The summed E-state index contributed by atoms with van der Waals surface area (Å²) in [6.45, 7) is 0. The van der Waals surface area contributed by atoms with E-state index in [4.69, 9.17) is 4.74 Å². The van der Waals surface area contributed by atoms with Crippen LogP contribution < -0.4 is 8.92 Å². The maximum absolute atomic E-state index is 15.0. The Morgan fingerprint density at radius 2 is 1.15 bits per heavy atom. The van der Waals surface area contributed by atoms with E-state index in [1.54, 1.807) is 18.2 Å². The zero-order valence-electron chi connectivity index (χ0n) is 16.2. The molecule has 0 aliphatic heterocycles. The van der Waals surface area contributed by atoms with E-state index in [1.165, 1.54) is 18.2 Å². The predicted octanol–water partition coefficient (Wildman–Crippen LogP) is 6.59. The van der Waals surface area contributed by atoms with Gasteiger partial charge in [-0.2, -0.15) is 39.2 Å². The number of hydrogen-bond acceptors (Lipinski definition) is 4. The van der Waals surface area contributed by atoms with Gasteiger partial charge < -0.3 is 8.92 Å². The molecule has 0 unspecified atom stereocenters. The van der Waals surface area contributed by atoms with Gasteiger partial charge in [0.15, 0.2) is 0 Å². The van der Waals surface area contributed by atoms with Crippen LogP contribution in [0.2, 0.25) is 0 Å². The molecule has 0 atom stereocenters. The third kappa shape index (κ3) is 4.90. The minimum Gasteiger partial charge on any atom is -0.457 e. The minimum atomic E-state index is -6.06. The van der Waals surface area contributed by atoms with Gasteiger partial charge in [-0.25, -0.2) is 0 Å². The van der Waals surface area contributed by atoms with Crippen LogP contribution in [0.5, 0.6) is 17.2 Å². The van der Waals surface area contributed by atoms with Gasteiger partial charge in [0.1, 0.15) is 17.2 Å². The fraction of sp³-hybridized carbons (Fsp3) is 0.143. The van der Waals surface area contributed by atoms with E-state index in [0.717, 1.165) is 18.2 Å². The van der Waals surface area contributed by atoms with Crippen LogP contribution in [0.4, 0.5) is 30.7 Å². The van der Waals surface area contributed by atoms with Gasteiger partial charge in [0.25, 0.3) is 0 Å². The van der Waals surface area contributed by atoms with Gasteiger partial charge in [-0.1, -0.05) is 30.3 Å². The Morgan fingerprint density at radius 1 is 0.606 bits per heavy atom. The lowest BCUT2D eigenvalue weighted by atomic mass is 9.95. The van der Waals surface area contributed by atoms with Gasteiger partial charge in [0, 0.05) is 5.56 Å². The molecule has 0 heterocycles. The Bertz CT molecular complexity index is 1210. The fourth-order valence-corrected chi connectivity index (χ4v) is 3.13. The number of para-hydroxylation sites is 2. The number of alkyl halides is 7. The molecule has 0 aliphatic rings. The molecule has 0 amide bonds. The van der Waals surface area contributed by atoms with E-state index in [9.17, 15) is 30.4 Å². The Labute approximate surface area is 183 Å². The van der Waals surface area contributed by atoms with Crippen LogP contribution in [0.3, 0.4) is 0 Å². The highest BCUT2D eigenvalue weighted by molar-refractivity contribution is 7.88. The van der Waals surface area contributed by atoms with Gasteiger partial charge in [-0.3, -0.25) is 0 Å². The molecule has 0 N–H and O–H groups in total. The lowest BCUT2D eigenvalue weighted by Crippen LogP contribution is -2.36. The highest BCUT2D eigenvalue weighted by Crippen LogP contribution is 2.52. The molecule has 3 rings (SSSR count). The van der Waals surface area contributed by atoms with Crippen LogP contribution in [0, 0.1) is 0 Å². The first-order valence-corrected chi connectivity index (χ1v) is 10.4. The number of halogens is 7. The van der Waals surface area contributed by atoms with E-state index in [1.807, 2.05) is 0 Å². The molecule has 0 aromatic heterocycles. The fourth-order valence-electron chi connectivity index (χ4n) is 2.67. The topological polar surface area (TPSA) is 52.6 Å². The molecular formula is C21H13F7O4S. The largest absolute Gasteiger partial charge is 0.534 e. The predicted molar refractivity (Wildman–Crippen MR) is 103 cm³/mol. The molecule has 0 fully saturated rings. The zero-order valence-corrected chi connectivity index (χ0v) is 17.0. The van der Waals surface area contributed by atoms with Crippen molar-refractivity contribution in [2.45, 2.75) is 17.4 Å². The Kier molecular flexibility index (Phi) is 6.33. The summed E-state index contributed by atoms with van der Waals surface area (Å²) in [5, 5.41) is 0. The SMILES string of the molecule is O=S(=O)(Oc1ccc(C(F)(F)C(F)(F)c2ccccc2Oc2ccccc2)cc1)C(F)(F)F. The van der Waals surface area contributed by atoms with E-state index < -0.39 is 50.1 Å². The van der Waals surface area contributed by atoms with Crippen LogP contribution in [-0.2, 0) is 22.0 Å². The summed E-state index contributed by atoms with van der Waals surface area (Å²) in [7, 11) is -6.06. The molecule has 3 aromatic rings. The molecule has 3 aromatic carbocycles. The van der Waals surface area contributed by atoms with Crippen molar-refractivity contribution in [3.8, 4) is 17.2 Å². The second kappa shape index (κ2) is 8.58. The molecule has 0 aliphatic carbocycles. The van der Waals surface area contributed by atoms with Crippen LogP contribution >= 0.6 is 0 Å². The third-order valence-corrected chi connectivity index (χ3v) is 5.28. The lowest BCUT2D eigenvalue weighted by molar-refractivity contribution is -0.224.